The Kier molecular flexibility index (Phi) is 5.72. The van der Waals surface area contributed by atoms with Crippen molar-refractivity contribution in [3.05, 3.63) is 0 Å². The second kappa shape index (κ2) is 5.84. The van der Waals surface area contributed by atoms with Gasteiger partial charge >= 0.3 is 0 Å². The molecule has 5 nitrogen and oxygen atoms in total. The van der Waals surface area contributed by atoms with Crippen molar-refractivity contribution in [1.82, 2.24) is 4.90 Å². The number of carbonyl (C=O) groups excluding carboxylic acids is 1. The number of sulfone groups is 1. The molecule has 96 valence electrons. The maximum absolute atomic E-state index is 11.5. The number of rotatable bonds is 5. The molecular formula is C9H19ClN2O3S. The molecule has 2 N–H and O–H groups in total. The molecule has 1 rings (SSSR count). The molecule has 1 amide bonds. The maximum Gasteiger partial charge on any atom is 0.236 e. The van der Waals surface area contributed by atoms with Gasteiger partial charge in [-0.25, -0.2) is 8.42 Å². The molecule has 1 atom stereocenters. The van der Waals surface area contributed by atoms with Gasteiger partial charge in [0, 0.05) is 18.3 Å². The van der Waals surface area contributed by atoms with Crippen molar-refractivity contribution in [3.63, 3.8) is 0 Å². The third kappa shape index (κ3) is 4.67. The van der Waals surface area contributed by atoms with E-state index in [1.807, 2.05) is 0 Å². The lowest BCUT2D eigenvalue weighted by molar-refractivity contribution is -0.131. The lowest BCUT2D eigenvalue weighted by atomic mass is 10.3. The van der Waals surface area contributed by atoms with Crippen LogP contribution in [0.2, 0.25) is 0 Å². The van der Waals surface area contributed by atoms with Crippen LogP contribution in [0.1, 0.15) is 19.8 Å². The molecule has 0 radical (unpaired) electrons. The van der Waals surface area contributed by atoms with Gasteiger partial charge in [0.1, 0.15) is 9.84 Å². The fourth-order valence-electron chi connectivity index (χ4n) is 1.79. The monoisotopic (exact) mass is 270 g/mol. The van der Waals surface area contributed by atoms with Crippen molar-refractivity contribution in [1.29, 1.82) is 0 Å². The molecular weight excluding hydrogens is 252 g/mol. The van der Waals surface area contributed by atoms with Gasteiger partial charge < -0.3 is 10.6 Å². The van der Waals surface area contributed by atoms with Crippen LogP contribution in [0.3, 0.4) is 0 Å². The van der Waals surface area contributed by atoms with E-state index < -0.39 is 9.84 Å². The van der Waals surface area contributed by atoms with E-state index in [1.165, 1.54) is 6.26 Å². The Morgan fingerprint density at radius 2 is 2.00 bits per heavy atom. The Labute approximate surface area is 103 Å². The van der Waals surface area contributed by atoms with E-state index in [4.69, 9.17) is 5.73 Å². The summed E-state index contributed by atoms with van der Waals surface area (Å²) in [5.41, 5.74) is 5.30. The van der Waals surface area contributed by atoms with Crippen LogP contribution in [0.5, 0.6) is 0 Å². The standard InChI is InChI=1S/C9H18N2O3S.ClH/c1-7(6-15(2,13)14)11(8-3-4-8)9(12)5-10;/h7-8H,3-6,10H2,1-2H3;1H. The number of nitrogens with zero attached hydrogens (tertiary/aromatic N) is 1. The Bertz CT molecular complexity index is 341. The average Bonchev–Trinajstić information content (AvgIpc) is 2.85. The van der Waals surface area contributed by atoms with E-state index in [2.05, 4.69) is 0 Å². The second-order valence-electron chi connectivity index (χ2n) is 4.18. The third-order valence-corrected chi connectivity index (χ3v) is 3.51. The minimum Gasteiger partial charge on any atom is -0.335 e. The Balaban J connectivity index is 0.00000225. The summed E-state index contributed by atoms with van der Waals surface area (Å²) in [5, 5.41) is 0. The van der Waals surface area contributed by atoms with E-state index in [0.717, 1.165) is 12.8 Å². The number of hydrogen-bond donors (Lipinski definition) is 1. The fraction of sp³-hybridized carbons (Fsp3) is 0.889. The zero-order valence-electron chi connectivity index (χ0n) is 9.55. The van der Waals surface area contributed by atoms with Gasteiger partial charge in [0.25, 0.3) is 0 Å². The predicted octanol–water partition coefficient (Wildman–Crippen LogP) is -0.209. The summed E-state index contributed by atoms with van der Waals surface area (Å²) in [6.45, 7) is 1.71. The highest BCUT2D eigenvalue weighted by Crippen LogP contribution is 2.28. The number of hydrogen-bond acceptors (Lipinski definition) is 4. The highest BCUT2D eigenvalue weighted by molar-refractivity contribution is 7.90. The molecule has 1 fully saturated rings. The summed E-state index contributed by atoms with van der Waals surface area (Å²) >= 11 is 0. The minimum atomic E-state index is -3.05. The average molecular weight is 271 g/mol. The summed E-state index contributed by atoms with van der Waals surface area (Å²) in [7, 11) is -3.05. The van der Waals surface area contributed by atoms with Gasteiger partial charge in [-0.3, -0.25) is 4.79 Å². The minimum absolute atomic E-state index is 0. The summed E-state index contributed by atoms with van der Waals surface area (Å²) in [4.78, 5) is 13.2. The van der Waals surface area contributed by atoms with Gasteiger partial charge in [-0.1, -0.05) is 0 Å². The van der Waals surface area contributed by atoms with Gasteiger partial charge in [0.05, 0.1) is 12.3 Å². The van der Waals surface area contributed by atoms with Crippen LogP contribution in [0, 0.1) is 0 Å². The van der Waals surface area contributed by atoms with E-state index in [-0.39, 0.29) is 42.7 Å². The molecule has 0 aliphatic heterocycles. The summed E-state index contributed by atoms with van der Waals surface area (Å²) in [5.74, 6) is -0.149. The number of nitrogens with two attached hydrogens (primary N) is 1. The van der Waals surface area contributed by atoms with Gasteiger partial charge in [-0.15, -0.1) is 12.4 Å². The van der Waals surface area contributed by atoms with Gasteiger partial charge in [-0.05, 0) is 19.8 Å². The van der Waals surface area contributed by atoms with Crippen molar-refractivity contribution >= 4 is 28.2 Å². The molecule has 0 aromatic rings. The Morgan fingerprint density at radius 1 is 1.50 bits per heavy atom. The molecule has 0 saturated heterocycles. The molecule has 1 aliphatic carbocycles. The molecule has 0 bridgehead atoms. The van der Waals surface area contributed by atoms with E-state index >= 15 is 0 Å². The van der Waals surface area contributed by atoms with Gasteiger partial charge in [0.15, 0.2) is 0 Å². The fourth-order valence-corrected chi connectivity index (χ4v) is 2.82. The lowest BCUT2D eigenvalue weighted by Gasteiger charge is -2.28. The third-order valence-electron chi connectivity index (χ3n) is 2.42. The zero-order chi connectivity index (χ0) is 11.6. The number of carbonyl (C=O) groups is 1. The Hall–Kier alpha value is -0.330. The first kappa shape index (κ1) is 15.7. The first-order valence-electron chi connectivity index (χ1n) is 5.04. The topological polar surface area (TPSA) is 80.5 Å². The van der Waals surface area contributed by atoms with Crippen molar-refractivity contribution in [3.8, 4) is 0 Å². The van der Waals surface area contributed by atoms with E-state index in [1.54, 1.807) is 11.8 Å². The lowest BCUT2D eigenvalue weighted by Crippen LogP contribution is -2.46. The molecule has 0 spiro atoms. The van der Waals surface area contributed by atoms with Crippen LogP contribution in [-0.2, 0) is 14.6 Å². The highest BCUT2D eigenvalue weighted by atomic mass is 35.5. The quantitative estimate of drug-likeness (QED) is 0.750. The maximum atomic E-state index is 11.5. The molecule has 0 aromatic carbocycles. The summed E-state index contributed by atoms with van der Waals surface area (Å²) in [6, 6.07) is -0.0682. The smallest absolute Gasteiger partial charge is 0.236 e. The summed E-state index contributed by atoms with van der Waals surface area (Å²) in [6.07, 6.45) is 3.10. The van der Waals surface area contributed by atoms with Gasteiger partial charge in [0.2, 0.25) is 5.91 Å². The highest BCUT2D eigenvalue weighted by Gasteiger charge is 2.35. The molecule has 1 aliphatic rings. The van der Waals surface area contributed by atoms with Crippen molar-refractivity contribution in [2.75, 3.05) is 18.6 Å². The van der Waals surface area contributed by atoms with Crippen LogP contribution in [0.4, 0.5) is 0 Å². The van der Waals surface area contributed by atoms with Crippen LogP contribution < -0.4 is 5.73 Å². The molecule has 1 saturated carbocycles. The first-order valence-corrected chi connectivity index (χ1v) is 7.10. The molecule has 16 heavy (non-hydrogen) atoms. The molecule has 0 aromatic heterocycles. The largest absolute Gasteiger partial charge is 0.335 e. The van der Waals surface area contributed by atoms with Gasteiger partial charge in [-0.2, -0.15) is 0 Å². The first-order chi connectivity index (χ1) is 6.85. The van der Waals surface area contributed by atoms with Crippen molar-refractivity contribution in [2.24, 2.45) is 5.73 Å². The molecule has 1 unspecified atom stereocenters. The second-order valence-corrected chi connectivity index (χ2v) is 6.36. The van der Waals surface area contributed by atoms with Crippen LogP contribution in [0.25, 0.3) is 0 Å². The summed E-state index contributed by atoms with van der Waals surface area (Å²) < 4.78 is 22.3. The van der Waals surface area contributed by atoms with E-state index in [0.29, 0.717) is 0 Å². The van der Waals surface area contributed by atoms with Crippen molar-refractivity contribution < 1.29 is 13.2 Å². The van der Waals surface area contributed by atoms with Crippen molar-refractivity contribution in [2.45, 2.75) is 31.8 Å². The number of halogens is 1. The predicted molar refractivity (Wildman–Crippen MR) is 65.3 cm³/mol. The Morgan fingerprint density at radius 3 is 2.31 bits per heavy atom. The SMILES string of the molecule is CC(CS(C)(=O)=O)N(C(=O)CN)C1CC1.Cl. The van der Waals surface area contributed by atoms with Crippen LogP contribution >= 0.6 is 12.4 Å². The molecule has 7 heteroatoms. The van der Waals surface area contributed by atoms with Crippen LogP contribution in [-0.4, -0.2) is 49.9 Å². The molecule has 0 heterocycles. The zero-order valence-corrected chi connectivity index (χ0v) is 11.2. The normalized spacial score (nSPS) is 17.4. The number of amides is 1. The van der Waals surface area contributed by atoms with Crippen LogP contribution in [0.15, 0.2) is 0 Å². The van der Waals surface area contributed by atoms with E-state index in [9.17, 15) is 13.2 Å².